The summed E-state index contributed by atoms with van der Waals surface area (Å²) < 4.78 is 2.50. The summed E-state index contributed by atoms with van der Waals surface area (Å²) in [7, 11) is 0. The second-order valence-corrected chi connectivity index (χ2v) is 6.85. The van der Waals surface area contributed by atoms with Crippen molar-refractivity contribution in [3.8, 4) is 11.3 Å². The van der Waals surface area contributed by atoms with Crippen molar-refractivity contribution in [1.29, 1.82) is 0 Å². The molecule has 0 aliphatic heterocycles. The number of H-pyrrole nitrogens is 1. The van der Waals surface area contributed by atoms with E-state index in [1.165, 1.54) is 11.8 Å². The molecule has 0 aliphatic carbocycles. The van der Waals surface area contributed by atoms with Gasteiger partial charge in [-0.25, -0.2) is 9.97 Å². The van der Waals surface area contributed by atoms with E-state index in [1.807, 2.05) is 42.8 Å². The molecule has 4 aromatic rings. The summed E-state index contributed by atoms with van der Waals surface area (Å²) in [6, 6.07) is 10.1. The summed E-state index contributed by atoms with van der Waals surface area (Å²) in [5.74, 6) is 1.44. The van der Waals surface area contributed by atoms with E-state index in [1.54, 1.807) is 10.7 Å². The lowest BCUT2D eigenvalue weighted by Crippen LogP contribution is -2.10. The molecule has 25 heavy (non-hydrogen) atoms. The van der Waals surface area contributed by atoms with E-state index in [2.05, 4.69) is 46.3 Å². The maximum absolute atomic E-state index is 4.49. The van der Waals surface area contributed by atoms with Gasteiger partial charge in [0.15, 0.2) is 10.8 Å². The zero-order chi connectivity index (χ0) is 17.2. The monoisotopic (exact) mass is 415 g/mol. The normalized spacial score (nSPS) is 11.1. The van der Waals surface area contributed by atoms with Crippen LogP contribution in [0.1, 0.15) is 5.82 Å². The number of hydrogen-bond acceptors (Lipinski definition) is 6. The third kappa shape index (κ3) is 3.24. The highest BCUT2D eigenvalue weighted by atomic mass is 79.9. The van der Waals surface area contributed by atoms with Crippen LogP contribution in [0.4, 0.5) is 5.95 Å². The van der Waals surface area contributed by atoms with E-state index in [0.717, 1.165) is 27.2 Å². The van der Waals surface area contributed by atoms with Crippen molar-refractivity contribution in [3.63, 3.8) is 0 Å². The lowest BCUT2D eigenvalue weighted by Gasteiger charge is -2.07. The first-order chi connectivity index (χ1) is 12.2. The molecule has 0 saturated carbocycles. The number of nitrogens with zero attached hydrogens (tertiary/aromatic N) is 5. The molecule has 0 radical (unpaired) electrons. The number of nitrogens with one attached hydrogen (secondary N) is 2. The van der Waals surface area contributed by atoms with Crippen molar-refractivity contribution >= 4 is 39.3 Å². The van der Waals surface area contributed by atoms with Crippen LogP contribution in [-0.2, 0) is 6.54 Å². The number of thioether (sulfide) groups is 1. The lowest BCUT2D eigenvalue weighted by molar-refractivity contribution is 0.823. The SMILES string of the molecule is CSc1nc(NCc2ncc(-c3ccccc3)[nH]2)n2ncc(Br)c2n1. The van der Waals surface area contributed by atoms with Crippen molar-refractivity contribution in [2.75, 3.05) is 11.6 Å². The second-order valence-electron chi connectivity index (χ2n) is 5.22. The first-order valence-electron chi connectivity index (χ1n) is 7.53. The minimum absolute atomic E-state index is 0.504. The van der Waals surface area contributed by atoms with Gasteiger partial charge in [0, 0.05) is 0 Å². The van der Waals surface area contributed by atoms with Gasteiger partial charge in [-0.1, -0.05) is 42.1 Å². The van der Waals surface area contributed by atoms with Gasteiger partial charge in [0.2, 0.25) is 5.95 Å². The van der Waals surface area contributed by atoms with Gasteiger partial charge in [0.05, 0.1) is 29.1 Å². The van der Waals surface area contributed by atoms with Crippen LogP contribution in [0, 0.1) is 0 Å². The molecule has 0 aliphatic rings. The standard InChI is InChI=1S/C16H14BrN7S/c1-25-16-22-14-11(17)7-20-24(14)15(23-16)19-9-13-18-8-12(21-13)10-5-3-2-4-6-10/h2-8H,9H2,1H3,(H,18,21)(H,19,22,23). The molecule has 9 heteroatoms. The summed E-state index contributed by atoms with van der Waals surface area (Å²) in [5.41, 5.74) is 2.81. The van der Waals surface area contributed by atoms with Gasteiger partial charge in [-0.3, -0.25) is 0 Å². The molecule has 0 fully saturated rings. The molecule has 7 nitrogen and oxygen atoms in total. The van der Waals surface area contributed by atoms with Gasteiger partial charge in [-0.2, -0.15) is 14.6 Å². The minimum atomic E-state index is 0.504. The van der Waals surface area contributed by atoms with Crippen LogP contribution in [-0.4, -0.2) is 35.8 Å². The number of benzene rings is 1. The Balaban J connectivity index is 1.58. The summed E-state index contributed by atoms with van der Waals surface area (Å²) in [6.07, 6.45) is 5.48. The average Bonchev–Trinajstić information content (AvgIpc) is 3.28. The molecule has 4 rings (SSSR count). The third-order valence-electron chi connectivity index (χ3n) is 3.61. The highest BCUT2D eigenvalue weighted by Gasteiger charge is 2.12. The van der Waals surface area contributed by atoms with Crippen molar-refractivity contribution in [1.82, 2.24) is 29.5 Å². The van der Waals surface area contributed by atoms with E-state index >= 15 is 0 Å². The number of imidazole rings is 1. The van der Waals surface area contributed by atoms with E-state index in [4.69, 9.17) is 0 Å². The minimum Gasteiger partial charge on any atom is -0.347 e. The fourth-order valence-corrected chi connectivity index (χ4v) is 3.12. The van der Waals surface area contributed by atoms with E-state index in [9.17, 15) is 0 Å². The fourth-order valence-electron chi connectivity index (χ4n) is 2.42. The molecule has 0 amide bonds. The third-order valence-corrected chi connectivity index (χ3v) is 4.72. The van der Waals surface area contributed by atoms with Crippen LogP contribution in [0.25, 0.3) is 16.9 Å². The first kappa shape index (κ1) is 16.1. The Morgan fingerprint density at radius 1 is 1.20 bits per heavy atom. The Hall–Kier alpha value is -2.39. The molecule has 0 unspecified atom stereocenters. The maximum atomic E-state index is 4.49. The molecule has 0 atom stereocenters. The van der Waals surface area contributed by atoms with Gasteiger partial charge < -0.3 is 10.3 Å². The zero-order valence-corrected chi connectivity index (χ0v) is 15.7. The highest BCUT2D eigenvalue weighted by Crippen LogP contribution is 2.22. The number of fused-ring (bicyclic) bond motifs is 1. The Kier molecular flexibility index (Phi) is 4.41. The molecule has 0 saturated heterocycles. The molecular formula is C16H14BrN7S. The van der Waals surface area contributed by atoms with Gasteiger partial charge in [0.1, 0.15) is 5.82 Å². The molecule has 3 heterocycles. The lowest BCUT2D eigenvalue weighted by atomic mass is 10.2. The maximum Gasteiger partial charge on any atom is 0.228 e. The van der Waals surface area contributed by atoms with Crippen LogP contribution < -0.4 is 5.32 Å². The van der Waals surface area contributed by atoms with E-state index < -0.39 is 0 Å². The van der Waals surface area contributed by atoms with Gasteiger partial charge in [-0.15, -0.1) is 0 Å². The van der Waals surface area contributed by atoms with Gasteiger partial charge in [-0.05, 0) is 27.7 Å². The van der Waals surface area contributed by atoms with Gasteiger partial charge >= 0.3 is 0 Å². The fraction of sp³-hybridized carbons (Fsp3) is 0.125. The van der Waals surface area contributed by atoms with Crippen molar-refractivity contribution in [2.45, 2.75) is 11.7 Å². The van der Waals surface area contributed by atoms with Crippen LogP contribution in [0.2, 0.25) is 0 Å². The number of aromatic amines is 1. The molecule has 3 aromatic heterocycles. The number of aromatic nitrogens is 6. The van der Waals surface area contributed by atoms with Crippen molar-refractivity contribution in [3.05, 3.63) is 53.0 Å². The number of anilines is 1. The summed E-state index contributed by atoms with van der Waals surface area (Å²) in [4.78, 5) is 16.7. The molecule has 0 bridgehead atoms. The van der Waals surface area contributed by atoms with Crippen LogP contribution >= 0.6 is 27.7 Å². The van der Waals surface area contributed by atoms with E-state index in [0.29, 0.717) is 17.6 Å². The molecule has 1 aromatic carbocycles. The Bertz CT molecular complexity index is 1010. The number of halogens is 1. The predicted octanol–water partition coefficient (Wildman–Crippen LogP) is 3.61. The molecule has 126 valence electrons. The Labute approximate surface area is 156 Å². The quantitative estimate of drug-likeness (QED) is 0.484. The van der Waals surface area contributed by atoms with Crippen LogP contribution in [0.15, 0.2) is 52.4 Å². The van der Waals surface area contributed by atoms with Crippen molar-refractivity contribution < 1.29 is 0 Å². The number of hydrogen-bond donors (Lipinski definition) is 2. The summed E-state index contributed by atoms with van der Waals surface area (Å²) >= 11 is 4.95. The largest absolute Gasteiger partial charge is 0.347 e. The predicted molar refractivity (Wildman–Crippen MR) is 102 cm³/mol. The van der Waals surface area contributed by atoms with Crippen LogP contribution in [0.5, 0.6) is 0 Å². The Morgan fingerprint density at radius 2 is 2.04 bits per heavy atom. The highest BCUT2D eigenvalue weighted by molar-refractivity contribution is 9.10. The smallest absolute Gasteiger partial charge is 0.228 e. The van der Waals surface area contributed by atoms with Gasteiger partial charge in [0.25, 0.3) is 0 Å². The molecular weight excluding hydrogens is 402 g/mol. The summed E-state index contributed by atoms with van der Waals surface area (Å²) in [5, 5.41) is 8.26. The zero-order valence-electron chi connectivity index (χ0n) is 13.3. The van der Waals surface area contributed by atoms with Crippen LogP contribution in [0.3, 0.4) is 0 Å². The topological polar surface area (TPSA) is 83.8 Å². The second kappa shape index (κ2) is 6.85. The number of rotatable bonds is 5. The Morgan fingerprint density at radius 3 is 2.84 bits per heavy atom. The summed E-state index contributed by atoms with van der Waals surface area (Å²) in [6.45, 7) is 0.504. The average molecular weight is 416 g/mol. The van der Waals surface area contributed by atoms with E-state index in [-0.39, 0.29) is 0 Å². The molecule has 2 N–H and O–H groups in total. The first-order valence-corrected chi connectivity index (χ1v) is 9.55. The van der Waals surface area contributed by atoms with Crippen molar-refractivity contribution in [2.24, 2.45) is 0 Å². The molecule has 0 spiro atoms.